The summed E-state index contributed by atoms with van der Waals surface area (Å²) < 4.78 is 0. The lowest BCUT2D eigenvalue weighted by Gasteiger charge is -2.18. The number of rotatable bonds is 15. The molecule has 174 valence electrons. The maximum absolute atomic E-state index is 5.05. The molecule has 0 aliphatic heterocycles. The van der Waals surface area contributed by atoms with E-state index in [1.165, 1.54) is 125 Å². The van der Waals surface area contributed by atoms with Gasteiger partial charge in [-0.1, -0.05) is 102 Å². The molecule has 0 saturated heterocycles. The molecule has 2 bridgehead atoms. The molecular formula is C30H44N2. The third kappa shape index (κ3) is 6.00. The summed E-state index contributed by atoms with van der Waals surface area (Å²) in [6, 6.07) is 8.62. The maximum Gasteiger partial charge on any atom is 0.0772 e. The number of pyridine rings is 1. The summed E-state index contributed by atoms with van der Waals surface area (Å²) in [5, 5.41) is 1.25. The predicted molar refractivity (Wildman–Crippen MR) is 140 cm³/mol. The van der Waals surface area contributed by atoms with Gasteiger partial charge in [-0.15, -0.1) is 0 Å². The zero-order valence-corrected chi connectivity index (χ0v) is 20.5. The molecule has 2 aromatic rings. The second kappa shape index (κ2) is 12.5. The molecule has 2 aliphatic rings. The minimum atomic E-state index is 0.689. The molecule has 1 aromatic heterocycles. The van der Waals surface area contributed by atoms with E-state index in [1.54, 1.807) is 0 Å². The topological polar surface area (TPSA) is 25.2 Å². The number of para-hydroxylation sites is 1. The van der Waals surface area contributed by atoms with Gasteiger partial charge in [0, 0.05) is 28.8 Å². The normalized spacial score (nSPS) is 19.4. The fraction of sp³-hybridized carbons (Fsp3) is 0.667. The molecule has 0 amide bonds. The van der Waals surface area contributed by atoms with Crippen LogP contribution in [0.3, 0.4) is 0 Å². The van der Waals surface area contributed by atoms with Crippen LogP contribution in [0.2, 0.25) is 0 Å². The highest BCUT2D eigenvalue weighted by Gasteiger charge is 2.40. The van der Waals surface area contributed by atoms with Crippen molar-refractivity contribution in [2.24, 2.45) is 4.99 Å². The monoisotopic (exact) mass is 432 g/mol. The molecular weight excluding hydrogens is 388 g/mol. The number of aromatic nitrogens is 1. The highest BCUT2D eigenvalue weighted by molar-refractivity contribution is 5.94. The molecule has 0 N–H and O–H groups in total. The molecule has 0 radical (unpaired) electrons. The standard InChI is InChI=1S/C30H44N2/c1-2-3-4-5-6-7-8-9-10-11-12-13-14-17-22-31-30-26-18-15-16-19-27(26)32-29-25-21-20-24(23-25)28(29)30/h15-16,18-19,22,24-25H,2-14,17,20-21,23H2,1H3. The van der Waals surface area contributed by atoms with Crippen molar-refractivity contribution in [3.63, 3.8) is 0 Å². The maximum atomic E-state index is 5.05. The molecule has 2 nitrogen and oxygen atoms in total. The van der Waals surface area contributed by atoms with E-state index in [0.29, 0.717) is 11.8 Å². The van der Waals surface area contributed by atoms with Gasteiger partial charge >= 0.3 is 0 Å². The summed E-state index contributed by atoms with van der Waals surface area (Å²) in [6.45, 7) is 2.30. The van der Waals surface area contributed by atoms with E-state index in [1.807, 2.05) is 0 Å². The highest BCUT2D eigenvalue weighted by Crippen LogP contribution is 2.56. The van der Waals surface area contributed by atoms with Gasteiger partial charge in [0.2, 0.25) is 0 Å². The van der Waals surface area contributed by atoms with Crippen molar-refractivity contribution < 1.29 is 0 Å². The number of nitrogens with zero attached hydrogens (tertiary/aromatic N) is 2. The predicted octanol–water partition coefficient (Wildman–Crippen LogP) is 9.78. The van der Waals surface area contributed by atoms with Gasteiger partial charge in [0.1, 0.15) is 0 Å². The molecule has 0 spiro atoms. The SMILES string of the molecule is CCCCCCCCCCCCCCCC=Nc1c2c(nc3ccccc13)C1CCC2C1. The van der Waals surface area contributed by atoms with E-state index in [0.717, 1.165) is 11.9 Å². The summed E-state index contributed by atoms with van der Waals surface area (Å²) in [7, 11) is 0. The van der Waals surface area contributed by atoms with Crippen LogP contribution in [0.15, 0.2) is 29.3 Å². The third-order valence-corrected chi connectivity index (χ3v) is 7.82. The van der Waals surface area contributed by atoms with Crippen molar-refractivity contribution in [3.05, 3.63) is 35.5 Å². The smallest absolute Gasteiger partial charge is 0.0772 e. The Hall–Kier alpha value is -1.70. The highest BCUT2D eigenvalue weighted by atomic mass is 14.8. The molecule has 2 unspecified atom stereocenters. The van der Waals surface area contributed by atoms with Gasteiger partial charge < -0.3 is 0 Å². The minimum Gasteiger partial charge on any atom is -0.260 e. The van der Waals surface area contributed by atoms with Crippen molar-refractivity contribution in [1.82, 2.24) is 4.98 Å². The first-order valence-electron chi connectivity index (χ1n) is 13.8. The quantitative estimate of drug-likeness (QED) is 0.203. The van der Waals surface area contributed by atoms with Gasteiger partial charge in [-0.05, 0) is 44.1 Å². The van der Waals surface area contributed by atoms with Crippen LogP contribution in [0.1, 0.15) is 139 Å². The fourth-order valence-corrected chi connectivity index (χ4v) is 5.98. The second-order valence-corrected chi connectivity index (χ2v) is 10.3. The van der Waals surface area contributed by atoms with E-state index >= 15 is 0 Å². The zero-order chi connectivity index (χ0) is 22.0. The lowest BCUT2D eigenvalue weighted by atomic mass is 9.92. The first kappa shape index (κ1) is 23.5. The minimum absolute atomic E-state index is 0.689. The fourth-order valence-electron chi connectivity index (χ4n) is 5.98. The van der Waals surface area contributed by atoms with Crippen LogP contribution in [-0.4, -0.2) is 11.2 Å². The Morgan fingerprint density at radius 1 is 0.812 bits per heavy atom. The molecule has 2 atom stereocenters. The number of unbranched alkanes of at least 4 members (excludes halogenated alkanes) is 13. The van der Waals surface area contributed by atoms with E-state index in [9.17, 15) is 0 Å². The van der Waals surface area contributed by atoms with Crippen LogP contribution < -0.4 is 0 Å². The third-order valence-electron chi connectivity index (χ3n) is 7.82. The largest absolute Gasteiger partial charge is 0.260 e. The van der Waals surface area contributed by atoms with Crippen LogP contribution in [0, 0.1) is 0 Å². The van der Waals surface area contributed by atoms with Crippen LogP contribution >= 0.6 is 0 Å². The van der Waals surface area contributed by atoms with E-state index < -0.39 is 0 Å². The van der Waals surface area contributed by atoms with Crippen molar-refractivity contribution >= 4 is 22.8 Å². The van der Waals surface area contributed by atoms with Crippen LogP contribution in [-0.2, 0) is 0 Å². The summed E-state index contributed by atoms with van der Waals surface area (Å²) in [5.74, 6) is 1.39. The second-order valence-electron chi connectivity index (χ2n) is 10.3. The summed E-state index contributed by atoms with van der Waals surface area (Å²) >= 11 is 0. The molecule has 2 heteroatoms. The first-order chi connectivity index (χ1) is 15.9. The Morgan fingerprint density at radius 2 is 1.44 bits per heavy atom. The van der Waals surface area contributed by atoms with E-state index in [-0.39, 0.29) is 0 Å². The Bertz CT molecular complexity index is 869. The van der Waals surface area contributed by atoms with Gasteiger partial charge in [0.05, 0.1) is 11.2 Å². The van der Waals surface area contributed by atoms with Gasteiger partial charge in [-0.2, -0.15) is 0 Å². The van der Waals surface area contributed by atoms with Crippen molar-refractivity contribution in [3.8, 4) is 0 Å². The molecule has 4 rings (SSSR count). The Balaban J connectivity index is 1.15. The van der Waals surface area contributed by atoms with Gasteiger partial charge in [0.25, 0.3) is 0 Å². The van der Waals surface area contributed by atoms with Gasteiger partial charge in [-0.3, -0.25) is 9.98 Å². The number of benzene rings is 1. The molecule has 2 aliphatic carbocycles. The Labute approximate surface area is 196 Å². The van der Waals surface area contributed by atoms with Gasteiger partial charge in [0.15, 0.2) is 0 Å². The van der Waals surface area contributed by atoms with Crippen molar-refractivity contribution in [2.45, 2.75) is 128 Å². The van der Waals surface area contributed by atoms with Crippen LogP contribution in [0.25, 0.3) is 10.9 Å². The number of hydrogen-bond acceptors (Lipinski definition) is 2. The number of aliphatic imine (C=N–C) groups is 1. The zero-order valence-electron chi connectivity index (χ0n) is 20.5. The average Bonchev–Trinajstić information content (AvgIpc) is 3.43. The lowest BCUT2D eigenvalue weighted by Crippen LogP contribution is -2.02. The van der Waals surface area contributed by atoms with E-state index in [4.69, 9.17) is 9.98 Å². The molecule has 1 fully saturated rings. The Kier molecular flexibility index (Phi) is 9.17. The summed E-state index contributed by atoms with van der Waals surface area (Å²) in [4.78, 5) is 10.1. The van der Waals surface area contributed by atoms with Gasteiger partial charge in [-0.25, -0.2) is 0 Å². The van der Waals surface area contributed by atoms with Crippen LogP contribution in [0.5, 0.6) is 0 Å². The van der Waals surface area contributed by atoms with E-state index in [2.05, 4.69) is 37.4 Å². The lowest BCUT2D eigenvalue weighted by molar-refractivity contribution is 0.541. The Morgan fingerprint density at radius 3 is 2.16 bits per heavy atom. The van der Waals surface area contributed by atoms with Crippen LogP contribution in [0.4, 0.5) is 5.69 Å². The molecule has 1 heterocycles. The first-order valence-corrected chi connectivity index (χ1v) is 13.8. The number of hydrogen-bond donors (Lipinski definition) is 0. The summed E-state index contributed by atoms with van der Waals surface area (Å²) in [6.07, 6.45) is 25.6. The summed E-state index contributed by atoms with van der Waals surface area (Å²) in [5.41, 5.74) is 5.23. The molecule has 1 aromatic carbocycles. The van der Waals surface area contributed by atoms with Crippen molar-refractivity contribution in [2.75, 3.05) is 0 Å². The van der Waals surface area contributed by atoms with Crippen molar-refractivity contribution in [1.29, 1.82) is 0 Å². The molecule has 1 saturated carbocycles. The average molecular weight is 433 g/mol. The molecule has 32 heavy (non-hydrogen) atoms. The number of fused-ring (bicyclic) bond motifs is 6.